The number of rotatable bonds is 3. The van der Waals surface area contributed by atoms with Gasteiger partial charge >= 0.3 is 6.03 Å². The predicted octanol–water partition coefficient (Wildman–Crippen LogP) is -0.252. The van der Waals surface area contributed by atoms with Crippen LogP contribution in [0, 0.1) is 5.92 Å². The van der Waals surface area contributed by atoms with Crippen LogP contribution >= 0.6 is 0 Å². The fourth-order valence-electron chi connectivity index (χ4n) is 1.60. The third kappa shape index (κ3) is 3.35. The topological polar surface area (TPSA) is 78.6 Å². The number of carbonyl (C=O) groups excluding carboxylic acids is 1. The molecule has 1 saturated heterocycles. The molecule has 15 heavy (non-hydrogen) atoms. The van der Waals surface area contributed by atoms with E-state index in [1.807, 2.05) is 13.8 Å². The van der Waals surface area contributed by atoms with E-state index in [2.05, 4.69) is 5.32 Å². The van der Waals surface area contributed by atoms with E-state index >= 15 is 0 Å². The Balaban J connectivity index is 2.37. The van der Waals surface area contributed by atoms with Gasteiger partial charge in [-0.3, -0.25) is 0 Å². The summed E-state index contributed by atoms with van der Waals surface area (Å²) in [6, 6.07) is -0.104. The van der Waals surface area contributed by atoms with Crippen LogP contribution in [0.2, 0.25) is 0 Å². The fourth-order valence-corrected chi connectivity index (χ4v) is 1.60. The quantitative estimate of drug-likeness (QED) is 0.607. The zero-order valence-corrected chi connectivity index (χ0v) is 9.49. The summed E-state index contributed by atoms with van der Waals surface area (Å²) in [4.78, 5) is 13.2. The van der Waals surface area contributed by atoms with Gasteiger partial charge in [-0.15, -0.1) is 0 Å². The molecule has 2 amide bonds. The highest BCUT2D eigenvalue weighted by Crippen LogP contribution is 2.19. The second-order valence-electron chi connectivity index (χ2n) is 4.68. The number of nitrogens with zero attached hydrogens (tertiary/aromatic N) is 1. The molecule has 1 rings (SSSR count). The Morgan fingerprint density at radius 3 is 2.80 bits per heavy atom. The van der Waals surface area contributed by atoms with Gasteiger partial charge in [-0.1, -0.05) is 13.8 Å². The Labute approximate surface area is 90.6 Å². The van der Waals surface area contributed by atoms with Crippen molar-refractivity contribution < 1.29 is 9.90 Å². The van der Waals surface area contributed by atoms with Gasteiger partial charge in [0.25, 0.3) is 0 Å². The maximum atomic E-state index is 11.6. The first-order valence-corrected chi connectivity index (χ1v) is 5.42. The zero-order chi connectivity index (χ0) is 11.5. The van der Waals surface area contributed by atoms with E-state index in [-0.39, 0.29) is 12.6 Å². The lowest BCUT2D eigenvalue weighted by atomic mass is 10.0. The Kier molecular flexibility index (Phi) is 3.93. The van der Waals surface area contributed by atoms with Gasteiger partial charge in [0.05, 0.1) is 12.1 Å². The highest BCUT2D eigenvalue weighted by molar-refractivity contribution is 5.74. The molecule has 0 aliphatic carbocycles. The highest BCUT2D eigenvalue weighted by atomic mass is 16.3. The van der Waals surface area contributed by atoms with Gasteiger partial charge in [-0.2, -0.15) is 0 Å². The second kappa shape index (κ2) is 4.81. The molecule has 1 atom stereocenters. The number of hydrogen-bond acceptors (Lipinski definition) is 3. The predicted molar refractivity (Wildman–Crippen MR) is 58.4 cm³/mol. The Morgan fingerprint density at radius 1 is 1.67 bits per heavy atom. The normalized spacial score (nSPS) is 26.1. The van der Waals surface area contributed by atoms with E-state index in [0.29, 0.717) is 32.0 Å². The van der Waals surface area contributed by atoms with Gasteiger partial charge in [0, 0.05) is 19.6 Å². The summed E-state index contributed by atoms with van der Waals surface area (Å²) in [6.45, 7) is 5.88. The number of β-amino-alcohol motifs (C(OH)–C–C–N with tert-alkyl or cyclic N) is 1. The fraction of sp³-hybridized carbons (Fsp3) is 0.900. The lowest BCUT2D eigenvalue weighted by Crippen LogP contribution is -2.45. The van der Waals surface area contributed by atoms with Gasteiger partial charge in [-0.25, -0.2) is 4.79 Å². The minimum absolute atomic E-state index is 0.104. The first-order valence-electron chi connectivity index (χ1n) is 5.42. The van der Waals surface area contributed by atoms with Gasteiger partial charge in [0.1, 0.15) is 0 Å². The van der Waals surface area contributed by atoms with Crippen molar-refractivity contribution in [3.8, 4) is 0 Å². The summed E-state index contributed by atoms with van der Waals surface area (Å²) >= 11 is 0. The monoisotopic (exact) mass is 215 g/mol. The lowest BCUT2D eigenvalue weighted by Gasteiger charge is -2.22. The number of nitrogens with two attached hydrogens (primary N) is 1. The summed E-state index contributed by atoms with van der Waals surface area (Å²) in [5, 5.41) is 12.7. The van der Waals surface area contributed by atoms with Gasteiger partial charge in [0.15, 0.2) is 0 Å². The number of urea groups is 1. The van der Waals surface area contributed by atoms with Gasteiger partial charge in [-0.05, 0) is 12.3 Å². The number of nitrogens with one attached hydrogen (secondary N) is 1. The van der Waals surface area contributed by atoms with Crippen LogP contribution in [0.25, 0.3) is 0 Å². The van der Waals surface area contributed by atoms with E-state index in [0.717, 1.165) is 0 Å². The minimum atomic E-state index is -0.880. The molecule has 0 bridgehead atoms. The van der Waals surface area contributed by atoms with Crippen molar-refractivity contribution in [1.29, 1.82) is 0 Å². The first-order chi connectivity index (χ1) is 6.97. The van der Waals surface area contributed by atoms with Gasteiger partial charge < -0.3 is 21.1 Å². The molecule has 0 saturated carbocycles. The third-order valence-electron chi connectivity index (χ3n) is 2.66. The molecule has 0 radical (unpaired) electrons. The van der Waals surface area contributed by atoms with Crippen molar-refractivity contribution in [3.05, 3.63) is 0 Å². The number of carbonyl (C=O) groups is 1. The largest absolute Gasteiger partial charge is 0.387 e. The summed E-state index contributed by atoms with van der Waals surface area (Å²) in [6.07, 6.45) is 0.568. The number of likely N-dealkylation sites (tertiary alicyclic amines) is 1. The molecule has 0 spiro atoms. The maximum Gasteiger partial charge on any atom is 0.317 e. The molecule has 0 aromatic heterocycles. The van der Waals surface area contributed by atoms with Crippen LogP contribution in [-0.2, 0) is 0 Å². The molecule has 0 aromatic rings. The minimum Gasteiger partial charge on any atom is -0.387 e. The molecule has 5 heteroatoms. The molecule has 4 N–H and O–H groups in total. The van der Waals surface area contributed by atoms with E-state index in [1.54, 1.807) is 4.90 Å². The summed E-state index contributed by atoms with van der Waals surface area (Å²) < 4.78 is 0. The van der Waals surface area contributed by atoms with E-state index in [4.69, 9.17) is 5.73 Å². The van der Waals surface area contributed by atoms with Crippen molar-refractivity contribution >= 4 is 6.03 Å². The van der Waals surface area contributed by atoms with E-state index in [1.165, 1.54) is 0 Å². The van der Waals surface area contributed by atoms with Crippen LogP contribution in [-0.4, -0.2) is 47.8 Å². The zero-order valence-electron chi connectivity index (χ0n) is 9.49. The van der Waals surface area contributed by atoms with Crippen LogP contribution in [0.15, 0.2) is 0 Å². The smallest absolute Gasteiger partial charge is 0.317 e. The number of aliphatic hydroxyl groups is 1. The van der Waals surface area contributed by atoms with E-state index in [9.17, 15) is 9.90 Å². The van der Waals surface area contributed by atoms with Crippen LogP contribution in [0.4, 0.5) is 4.79 Å². The van der Waals surface area contributed by atoms with E-state index < -0.39 is 5.60 Å². The molecule has 1 heterocycles. The first kappa shape index (κ1) is 12.3. The molecule has 1 aliphatic rings. The van der Waals surface area contributed by atoms with Crippen LogP contribution < -0.4 is 11.1 Å². The molecule has 88 valence electrons. The van der Waals surface area contributed by atoms with Crippen molar-refractivity contribution in [2.24, 2.45) is 11.7 Å². The van der Waals surface area contributed by atoms with Crippen molar-refractivity contribution in [1.82, 2.24) is 10.2 Å². The molecular formula is C10H21N3O2. The Morgan fingerprint density at radius 2 is 2.33 bits per heavy atom. The van der Waals surface area contributed by atoms with Crippen molar-refractivity contribution in [2.45, 2.75) is 25.9 Å². The lowest BCUT2D eigenvalue weighted by molar-refractivity contribution is 0.0612. The van der Waals surface area contributed by atoms with Crippen molar-refractivity contribution in [2.75, 3.05) is 26.2 Å². The van der Waals surface area contributed by atoms with Crippen LogP contribution in [0.5, 0.6) is 0 Å². The summed E-state index contributed by atoms with van der Waals surface area (Å²) in [5.41, 5.74) is 4.56. The molecule has 1 fully saturated rings. The van der Waals surface area contributed by atoms with Crippen molar-refractivity contribution in [3.63, 3.8) is 0 Å². The summed E-state index contributed by atoms with van der Waals surface area (Å²) in [7, 11) is 0. The molecule has 1 unspecified atom stereocenters. The van der Waals surface area contributed by atoms with Crippen LogP contribution in [0.1, 0.15) is 20.3 Å². The molecule has 1 aliphatic heterocycles. The average Bonchev–Trinajstić information content (AvgIpc) is 2.58. The standard InChI is InChI=1S/C10H21N3O2/c1-8(2)5-12-9(14)13-4-3-10(15,6-11)7-13/h8,15H,3-7,11H2,1-2H3,(H,12,14). The molecular weight excluding hydrogens is 194 g/mol. The van der Waals surface area contributed by atoms with Gasteiger partial charge in [0.2, 0.25) is 0 Å². The molecule has 0 aromatic carbocycles. The Hall–Kier alpha value is -0.810. The third-order valence-corrected chi connectivity index (χ3v) is 2.66. The maximum absolute atomic E-state index is 11.6. The Bertz CT molecular complexity index is 233. The van der Waals surface area contributed by atoms with Crippen LogP contribution in [0.3, 0.4) is 0 Å². The SMILES string of the molecule is CC(C)CNC(=O)N1CCC(O)(CN)C1. The average molecular weight is 215 g/mol. The number of amides is 2. The number of hydrogen-bond donors (Lipinski definition) is 3. The summed E-state index contributed by atoms with van der Waals surface area (Å²) in [5.74, 6) is 0.435. The highest BCUT2D eigenvalue weighted by Gasteiger charge is 2.36. The second-order valence-corrected chi connectivity index (χ2v) is 4.68. The molecule has 5 nitrogen and oxygen atoms in total.